The molecule has 8 heteroatoms. The molecular formula is C23H36O8. The fourth-order valence-corrected chi connectivity index (χ4v) is 8.63. The number of aliphatic hydroxyl groups is 5. The highest BCUT2D eigenvalue weighted by Crippen LogP contribution is 2.70. The predicted octanol–water partition coefficient (Wildman–Crippen LogP) is -0.162. The zero-order valence-electron chi connectivity index (χ0n) is 18.1. The van der Waals surface area contributed by atoms with Crippen LogP contribution in [-0.2, 0) is 9.53 Å². The van der Waals surface area contributed by atoms with Crippen LogP contribution in [0.3, 0.4) is 0 Å². The first-order valence-electron chi connectivity index (χ1n) is 11.4. The number of hydrogen-bond donors (Lipinski definition) is 5. The third-order valence-corrected chi connectivity index (χ3v) is 10.1. The van der Waals surface area contributed by atoms with Gasteiger partial charge in [0.25, 0.3) is 0 Å². The SMILES string of the molecule is C[C@]12CC[C@H]3[C@@H](CC[C@]4(O)C[C@@H](O)C[C@@H](O)[C@]34CO)[C@]1(O)CC[C@@H]2C1=CC(=O)OC1.O. The van der Waals surface area contributed by atoms with E-state index in [2.05, 4.69) is 6.92 Å². The molecule has 4 fully saturated rings. The monoisotopic (exact) mass is 440 g/mol. The number of carbonyl (C=O) groups is 1. The summed E-state index contributed by atoms with van der Waals surface area (Å²) < 4.78 is 5.15. The number of cyclic esters (lactones) is 1. The average Bonchev–Trinajstić information content (AvgIpc) is 3.21. The van der Waals surface area contributed by atoms with Gasteiger partial charge >= 0.3 is 5.97 Å². The number of aliphatic hydroxyl groups excluding tert-OH is 3. The second-order valence-corrected chi connectivity index (χ2v) is 10.9. The van der Waals surface area contributed by atoms with E-state index in [0.29, 0.717) is 38.7 Å². The fraction of sp³-hybridized carbons (Fsp3) is 0.870. The van der Waals surface area contributed by atoms with E-state index in [1.54, 1.807) is 6.08 Å². The van der Waals surface area contributed by atoms with Gasteiger partial charge < -0.3 is 35.7 Å². The number of carbonyl (C=O) groups excluding carboxylic acids is 1. The molecule has 5 rings (SSSR count). The van der Waals surface area contributed by atoms with Crippen molar-refractivity contribution < 1.29 is 40.5 Å². The summed E-state index contributed by atoms with van der Waals surface area (Å²) in [6.45, 7) is 2.04. The van der Waals surface area contributed by atoms with Crippen LogP contribution < -0.4 is 0 Å². The second-order valence-electron chi connectivity index (χ2n) is 10.9. The van der Waals surface area contributed by atoms with Crippen molar-refractivity contribution in [3.05, 3.63) is 11.6 Å². The molecule has 4 saturated carbocycles. The molecule has 0 aromatic rings. The Hall–Kier alpha value is -1.03. The lowest BCUT2D eigenvalue weighted by molar-refractivity contribution is -0.297. The highest BCUT2D eigenvalue weighted by molar-refractivity contribution is 5.85. The molecule has 0 aromatic heterocycles. The molecule has 0 bridgehead atoms. The van der Waals surface area contributed by atoms with Crippen LogP contribution in [0.5, 0.6) is 0 Å². The Morgan fingerprint density at radius 3 is 2.45 bits per heavy atom. The van der Waals surface area contributed by atoms with E-state index in [9.17, 15) is 30.3 Å². The van der Waals surface area contributed by atoms with Gasteiger partial charge in [-0.2, -0.15) is 0 Å². The molecule has 0 radical (unpaired) electrons. The summed E-state index contributed by atoms with van der Waals surface area (Å²) in [6, 6.07) is 0. The van der Waals surface area contributed by atoms with Crippen molar-refractivity contribution in [2.45, 2.75) is 81.7 Å². The van der Waals surface area contributed by atoms with Crippen LogP contribution >= 0.6 is 0 Å². The Bertz CT molecular complexity index is 784. The average molecular weight is 441 g/mol. The molecule has 0 spiro atoms. The minimum Gasteiger partial charge on any atom is -0.458 e. The van der Waals surface area contributed by atoms with Gasteiger partial charge in [0.15, 0.2) is 0 Å². The van der Waals surface area contributed by atoms with Crippen molar-refractivity contribution in [2.75, 3.05) is 13.2 Å². The normalized spacial score (nSPS) is 53.5. The third kappa shape index (κ3) is 2.72. The van der Waals surface area contributed by atoms with Crippen LogP contribution in [0.15, 0.2) is 11.6 Å². The molecule has 0 amide bonds. The summed E-state index contributed by atoms with van der Waals surface area (Å²) in [5.74, 6) is -0.629. The Morgan fingerprint density at radius 2 is 1.81 bits per heavy atom. The molecule has 9 atom stereocenters. The van der Waals surface area contributed by atoms with Gasteiger partial charge in [0.1, 0.15) is 6.61 Å². The van der Waals surface area contributed by atoms with E-state index in [4.69, 9.17) is 4.74 Å². The highest BCUT2D eigenvalue weighted by atomic mass is 16.5. The number of rotatable bonds is 2. The maximum absolute atomic E-state index is 12.1. The van der Waals surface area contributed by atoms with Crippen LogP contribution in [-0.4, -0.2) is 73.6 Å². The van der Waals surface area contributed by atoms with E-state index in [0.717, 1.165) is 12.0 Å². The Kier molecular flexibility index (Phi) is 5.40. The number of ether oxygens (including phenoxy) is 1. The first-order valence-corrected chi connectivity index (χ1v) is 11.4. The number of esters is 1. The maximum Gasteiger partial charge on any atom is 0.331 e. The van der Waals surface area contributed by atoms with Crippen molar-refractivity contribution in [3.63, 3.8) is 0 Å². The van der Waals surface area contributed by atoms with E-state index >= 15 is 0 Å². The number of fused-ring (bicyclic) bond motifs is 5. The number of hydrogen-bond acceptors (Lipinski definition) is 7. The second kappa shape index (κ2) is 7.23. The van der Waals surface area contributed by atoms with Gasteiger partial charge in [-0.25, -0.2) is 4.79 Å². The Labute approximate surface area is 182 Å². The van der Waals surface area contributed by atoms with Crippen molar-refractivity contribution in [2.24, 2.45) is 28.6 Å². The molecule has 1 heterocycles. The highest BCUT2D eigenvalue weighted by Gasteiger charge is 2.73. The van der Waals surface area contributed by atoms with Crippen molar-refractivity contribution >= 4 is 5.97 Å². The lowest BCUT2D eigenvalue weighted by Gasteiger charge is -2.67. The minimum atomic E-state index is -1.34. The van der Waals surface area contributed by atoms with Gasteiger partial charge in [0.05, 0.1) is 35.4 Å². The summed E-state index contributed by atoms with van der Waals surface area (Å²) in [5, 5.41) is 55.5. The van der Waals surface area contributed by atoms with Gasteiger partial charge in [0, 0.05) is 24.3 Å². The molecular weight excluding hydrogens is 404 g/mol. The molecule has 8 nitrogen and oxygen atoms in total. The molecule has 176 valence electrons. The van der Waals surface area contributed by atoms with Gasteiger partial charge in [-0.1, -0.05) is 6.92 Å². The van der Waals surface area contributed by atoms with Crippen molar-refractivity contribution in [1.82, 2.24) is 0 Å². The molecule has 31 heavy (non-hydrogen) atoms. The Balaban J connectivity index is 0.00000231. The zero-order valence-corrected chi connectivity index (χ0v) is 18.1. The molecule has 7 N–H and O–H groups in total. The summed E-state index contributed by atoms with van der Waals surface area (Å²) in [5.41, 5.74) is -2.92. The van der Waals surface area contributed by atoms with Gasteiger partial charge in [-0.15, -0.1) is 0 Å². The van der Waals surface area contributed by atoms with Crippen LogP contribution in [0.25, 0.3) is 0 Å². The minimum absolute atomic E-state index is 0. The Morgan fingerprint density at radius 1 is 1.10 bits per heavy atom. The smallest absolute Gasteiger partial charge is 0.331 e. The van der Waals surface area contributed by atoms with Crippen LogP contribution in [0, 0.1) is 28.6 Å². The molecule has 4 aliphatic carbocycles. The first-order chi connectivity index (χ1) is 14.1. The van der Waals surface area contributed by atoms with Crippen LogP contribution in [0.4, 0.5) is 0 Å². The van der Waals surface area contributed by atoms with Crippen LogP contribution in [0.2, 0.25) is 0 Å². The van der Waals surface area contributed by atoms with Gasteiger partial charge in [-0.3, -0.25) is 0 Å². The molecule has 0 unspecified atom stereocenters. The summed E-state index contributed by atoms with van der Waals surface area (Å²) >= 11 is 0. The van der Waals surface area contributed by atoms with Gasteiger partial charge in [0.2, 0.25) is 0 Å². The first kappa shape index (κ1) is 23.1. The largest absolute Gasteiger partial charge is 0.458 e. The lowest BCUT2D eigenvalue weighted by Crippen LogP contribution is -2.73. The lowest BCUT2D eigenvalue weighted by atomic mass is 9.41. The quantitative estimate of drug-likeness (QED) is 0.373. The molecule has 0 aromatic carbocycles. The third-order valence-electron chi connectivity index (χ3n) is 10.1. The van der Waals surface area contributed by atoms with E-state index in [-0.39, 0.29) is 48.6 Å². The van der Waals surface area contributed by atoms with Crippen LogP contribution in [0.1, 0.15) is 58.3 Å². The van der Waals surface area contributed by atoms with E-state index < -0.39 is 34.2 Å². The summed E-state index contributed by atoms with van der Waals surface area (Å²) in [7, 11) is 0. The fourth-order valence-electron chi connectivity index (χ4n) is 8.63. The topological polar surface area (TPSA) is 159 Å². The van der Waals surface area contributed by atoms with Gasteiger partial charge in [-0.05, 0) is 61.9 Å². The van der Waals surface area contributed by atoms with Crippen molar-refractivity contribution in [1.29, 1.82) is 0 Å². The molecule has 0 saturated heterocycles. The standard InChI is InChI=1S/C23H34O7.H2O/c1-20-5-2-16-17(23(20,29)7-4-15(20)13-8-19(27)30-11-13)3-6-21(28)10-14(25)9-18(26)22(16,21)12-24;/h8,14-18,24-26,28-29H,2-7,9-12H2,1H3;1H2/t14-,15+,16-,17+,18+,20+,21-,22-,23+;/m0./s1. The maximum atomic E-state index is 12.1. The summed E-state index contributed by atoms with van der Waals surface area (Å²) in [4.78, 5) is 11.7. The van der Waals surface area contributed by atoms with E-state index in [1.165, 1.54) is 0 Å². The predicted molar refractivity (Wildman–Crippen MR) is 110 cm³/mol. The zero-order chi connectivity index (χ0) is 21.5. The molecule has 5 aliphatic rings. The van der Waals surface area contributed by atoms with Crippen molar-refractivity contribution in [3.8, 4) is 0 Å². The summed E-state index contributed by atoms with van der Waals surface area (Å²) in [6.07, 6.45) is 3.73. The van der Waals surface area contributed by atoms with E-state index in [1.807, 2.05) is 0 Å². The molecule has 1 aliphatic heterocycles.